The molecule has 4 nitrogen and oxygen atoms in total. The fourth-order valence-corrected chi connectivity index (χ4v) is 2.20. The van der Waals surface area contributed by atoms with Crippen molar-refractivity contribution in [1.29, 1.82) is 0 Å². The van der Waals surface area contributed by atoms with Gasteiger partial charge < -0.3 is 14.6 Å². The summed E-state index contributed by atoms with van der Waals surface area (Å²) in [5.41, 5.74) is 0.992. The summed E-state index contributed by atoms with van der Waals surface area (Å²) in [5, 5.41) is 3.35. The van der Waals surface area contributed by atoms with Gasteiger partial charge in [-0.05, 0) is 26.2 Å². The first-order chi connectivity index (χ1) is 8.16. The lowest BCUT2D eigenvalue weighted by Crippen LogP contribution is -2.37. The second-order valence-corrected chi connectivity index (χ2v) is 5.20. The third-order valence-corrected chi connectivity index (χ3v) is 3.28. The molecule has 0 aliphatic carbocycles. The van der Waals surface area contributed by atoms with Crippen LogP contribution in [0.3, 0.4) is 0 Å². The molecular formula is C13H23N3O. The third kappa shape index (κ3) is 3.22. The number of nitrogens with zero attached hydrogens (tertiary/aromatic N) is 2. The van der Waals surface area contributed by atoms with Gasteiger partial charge in [0.15, 0.2) is 0 Å². The summed E-state index contributed by atoms with van der Waals surface area (Å²) in [6, 6.07) is 1.81. The minimum absolute atomic E-state index is 0.476. The summed E-state index contributed by atoms with van der Waals surface area (Å²) in [7, 11) is 0. The SMILES string of the molecule is CC(C)NCc1coc(N2CCCCC2C)n1. The summed E-state index contributed by atoms with van der Waals surface area (Å²) in [4.78, 5) is 6.83. The number of anilines is 1. The molecule has 17 heavy (non-hydrogen) atoms. The van der Waals surface area contributed by atoms with Crippen molar-refractivity contribution < 1.29 is 4.42 Å². The first-order valence-corrected chi connectivity index (χ1v) is 6.61. The van der Waals surface area contributed by atoms with Crippen LogP contribution in [0, 0.1) is 0 Å². The molecule has 1 aliphatic heterocycles. The van der Waals surface area contributed by atoms with Crippen molar-refractivity contribution in [2.45, 2.75) is 58.7 Å². The molecule has 1 aliphatic rings. The Labute approximate surface area is 103 Å². The summed E-state index contributed by atoms with van der Waals surface area (Å²) < 4.78 is 5.58. The first kappa shape index (κ1) is 12.4. The van der Waals surface area contributed by atoms with Gasteiger partial charge in [-0.15, -0.1) is 0 Å². The van der Waals surface area contributed by atoms with Crippen LogP contribution in [0.1, 0.15) is 45.7 Å². The van der Waals surface area contributed by atoms with E-state index in [1.165, 1.54) is 19.3 Å². The molecule has 0 spiro atoms. The fourth-order valence-electron chi connectivity index (χ4n) is 2.20. The van der Waals surface area contributed by atoms with Gasteiger partial charge in [0.05, 0.1) is 5.69 Å². The average molecular weight is 237 g/mol. The van der Waals surface area contributed by atoms with E-state index in [0.717, 1.165) is 24.8 Å². The Morgan fingerprint density at radius 3 is 3.06 bits per heavy atom. The third-order valence-electron chi connectivity index (χ3n) is 3.28. The molecule has 1 aromatic rings. The second kappa shape index (κ2) is 5.54. The van der Waals surface area contributed by atoms with E-state index >= 15 is 0 Å². The summed E-state index contributed by atoms with van der Waals surface area (Å²) >= 11 is 0. The number of hydrogen-bond donors (Lipinski definition) is 1. The van der Waals surface area contributed by atoms with Gasteiger partial charge in [0, 0.05) is 25.2 Å². The monoisotopic (exact) mass is 237 g/mol. The Bertz CT molecular complexity index is 348. The van der Waals surface area contributed by atoms with Crippen molar-refractivity contribution in [2.24, 2.45) is 0 Å². The van der Waals surface area contributed by atoms with Crippen LogP contribution in [-0.4, -0.2) is 23.6 Å². The largest absolute Gasteiger partial charge is 0.432 e. The highest BCUT2D eigenvalue weighted by molar-refractivity contribution is 5.29. The van der Waals surface area contributed by atoms with E-state index in [1.807, 2.05) is 0 Å². The highest BCUT2D eigenvalue weighted by Gasteiger charge is 2.22. The minimum atomic E-state index is 0.476. The van der Waals surface area contributed by atoms with Crippen LogP contribution in [0.2, 0.25) is 0 Å². The van der Waals surface area contributed by atoms with Crippen LogP contribution in [0.5, 0.6) is 0 Å². The smallest absolute Gasteiger partial charge is 0.297 e. The zero-order valence-corrected chi connectivity index (χ0v) is 11.1. The van der Waals surface area contributed by atoms with Crippen LogP contribution in [0.4, 0.5) is 6.01 Å². The molecular weight excluding hydrogens is 214 g/mol. The molecule has 2 heterocycles. The average Bonchev–Trinajstić information content (AvgIpc) is 2.75. The van der Waals surface area contributed by atoms with Crippen LogP contribution in [0.15, 0.2) is 10.7 Å². The van der Waals surface area contributed by atoms with E-state index in [9.17, 15) is 0 Å². The lowest BCUT2D eigenvalue weighted by molar-refractivity contribution is 0.434. The maximum Gasteiger partial charge on any atom is 0.297 e. The highest BCUT2D eigenvalue weighted by atomic mass is 16.4. The topological polar surface area (TPSA) is 41.3 Å². The number of rotatable bonds is 4. The lowest BCUT2D eigenvalue weighted by Gasteiger charge is -2.31. The van der Waals surface area contributed by atoms with E-state index in [1.54, 1.807) is 6.26 Å². The molecule has 1 saturated heterocycles. The Morgan fingerprint density at radius 1 is 1.53 bits per heavy atom. The quantitative estimate of drug-likeness (QED) is 0.873. The van der Waals surface area contributed by atoms with Crippen LogP contribution < -0.4 is 10.2 Å². The van der Waals surface area contributed by atoms with Gasteiger partial charge in [-0.2, -0.15) is 4.98 Å². The zero-order chi connectivity index (χ0) is 12.3. The molecule has 1 atom stereocenters. The van der Waals surface area contributed by atoms with Crippen LogP contribution in [0.25, 0.3) is 0 Å². The van der Waals surface area contributed by atoms with Gasteiger partial charge in [-0.25, -0.2) is 0 Å². The number of oxazole rings is 1. The molecule has 0 radical (unpaired) electrons. The molecule has 1 unspecified atom stereocenters. The lowest BCUT2D eigenvalue weighted by atomic mass is 10.0. The zero-order valence-electron chi connectivity index (χ0n) is 11.1. The van der Waals surface area contributed by atoms with Gasteiger partial charge in [-0.3, -0.25) is 0 Å². The Balaban J connectivity index is 1.97. The van der Waals surface area contributed by atoms with Gasteiger partial charge in [0.25, 0.3) is 6.01 Å². The van der Waals surface area contributed by atoms with Crippen molar-refractivity contribution >= 4 is 6.01 Å². The number of nitrogens with one attached hydrogen (secondary N) is 1. The molecule has 96 valence electrons. The molecule has 0 aromatic carbocycles. The number of aromatic nitrogens is 1. The highest BCUT2D eigenvalue weighted by Crippen LogP contribution is 2.23. The standard InChI is InChI=1S/C13H23N3O/c1-10(2)14-8-12-9-17-13(15-12)16-7-5-4-6-11(16)3/h9-11,14H,4-8H2,1-3H3. The van der Waals surface area contributed by atoms with Crippen LogP contribution >= 0.6 is 0 Å². The Hall–Kier alpha value is -1.03. The van der Waals surface area contributed by atoms with Gasteiger partial charge in [0.2, 0.25) is 0 Å². The maximum absolute atomic E-state index is 5.58. The van der Waals surface area contributed by atoms with E-state index in [4.69, 9.17) is 4.42 Å². The molecule has 1 fully saturated rings. The summed E-state index contributed by atoms with van der Waals surface area (Å²) in [6.07, 6.45) is 5.57. The van der Waals surface area contributed by atoms with Crippen molar-refractivity contribution in [3.63, 3.8) is 0 Å². The maximum atomic E-state index is 5.58. The summed E-state index contributed by atoms with van der Waals surface area (Å²) in [6.45, 7) is 8.36. The molecule has 4 heteroatoms. The first-order valence-electron chi connectivity index (χ1n) is 6.61. The van der Waals surface area contributed by atoms with Crippen molar-refractivity contribution in [3.8, 4) is 0 Å². The predicted octanol–water partition coefficient (Wildman–Crippen LogP) is 2.55. The molecule has 2 rings (SSSR count). The predicted molar refractivity (Wildman–Crippen MR) is 69.1 cm³/mol. The molecule has 1 N–H and O–H groups in total. The second-order valence-electron chi connectivity index (χ2n) is 5.20. The van der Waals surface area contributed by atoms with E-state index < -0.39 is 0 Å². The molecule has 0 bridgehead atoms. The van der Waals surface area contributed by atoms with Crippen molar-refractivity contribution in [1.82, 2.24) is 10.3 Å². The fraction of sp³-hybridized carbons (Fsp3) is 0.769. The van der Waals surface area contributed by atoms with Gasteiger partial charge >= 0.3 is 0 Å². The Morgan fingerprint density at radius 2 is 2.35 bits per heavy atom. The Kier molecular flexibility index (Phi) is 4.05. The molecule has 0 saturated carbocycles. The van der Waals surface area contributed by atoms with Gasteiger partial charge in [-0.1, -0.05) is 13.8 Å². The normalized spacial score (nSPS) is 21.2. The molecule has 0 amide bonds. The van der Waals surface area contributed by atoms with E-state index in [2.05, 4.69) is 36.0 Å². The minimum Gasteiger partial charge on any atom is -0.432 e. The van der Waals surface area contributed by atoms with Crippen molar-refractivity contribution in [2.75, 3.05) is 11.4 Å². The molecule has 1 aromatic heterocycles. The summed E-state index contributed by atoms with van der Waals surface area (Å²) in [5.74, 6) is 0. The van der Waals surface area contributed by atoms with Gasteiger partial charge in [0.1, 0.15) is 6.26 Å². The van der Waals surface area contributed by atoms with E-state index in [0.29, 0.717) is 12.1 Å². The van der Waals surface area contributed by atoms with E-state index in [-0.39, 0.29) is 0 Å². The van der Waals surface area contributed by atoms with Crippen LogP contribution in [-0.2, 0) is 6.54 Å². The van der Waals surface area contributed by atoms with Crippen molar-refractivity contribution in [3.05, 3.63) is 12.0 Å². The number of hydrogen-bond acceptors (Lipinski definition) is 4. The number of piperidine rings is 1.